The average Bonchev–Trinajstić information content (AvgIpc) is 2.23. The minimum Gasteiger partial charge on any atom is -0.361 e. The van der Waals surface area contributed by atoms with Crippen molar-refractivity contribution < 1.29 is 18.0 Å². The number of sulfonamides is 1. The largest absolute Gasteiger partial charge is 0.361 e. The molecule has 0 radical (unpaired) electrons. The van der Waals surface area contributed by atoms with Gasteiger partial charge in [-0.25, -0.2) is 8.42 Å². The van der Waals surface area contributed by atoms with Crippen molar-refractivity contribution in [3.63, 3.8) is 0 Å². The van der Waals surface area contributed by atoms with Gasteiger partial charge in [0, 0.05) is 0 Å². The molecule has 7 nitrogen and oxygen atoms in total. The topological polar surface area (TPSA) is 118 Å². The number of nitrogens with two attached hydrogens (primary N) is 1. The molecule has 0 aliphatic heterocycles. The molecule has 0 atom stereocenters. The maximum absolute atomic E-state index is 12.0. The number of hydrogen-bond acceptors (Lipinski definition) is 4. The van der Waals surface area contributed by atoms with E-state index in [0.717, 1.165) is 5.56 Å². The van der Waals surface area contributed by atoms with E-state index in [9.17, 15) is 18.0 Å². The summed E-state index contributed by atoms with van der Waals surface area (Å²) < 4.78 is 24.1. The first-order valence-electron chi connectivity index (χ1n) is 5.34. The van der Waals surface area contributed by atoms with Gasteiger partial charge in [-0.3, -0.25) is 15.0 Å². The van der Waals surface area contributed by atoms with Crippen molar-refractivity contribution in [2.24, 2.45) is 5.73 Å². The molecule has 0 fully saturated rings. The Labute approximate surface area is 111 Å². The van der Waals surface area contributed by atoms with Gasteiger partial charge >= 0.3 is 11.8 Å². The van der Waals surface area contributed by atoms with Crippen LogP contribution in [0.3, 0.4) is 0 Å². The summed E-state index contributed by atoms with van der Waals surface area (Å²) in [5, 5.41) is 0. The molecule has 0 saturated heterocycles. The lowest BCUT2D eigenvalue weighted by atomic mass is 10.1. The van der Waals surface area contributed by atoms with Gasteiger partial charge in [0.2, 0.25) is 0 Å². The Hall–Kier alpha value is -1.93. The third kappa shape index (κ3) is 3.52. The van der Waals surface area contributed by atoms with Gasteiger partial charge in [-0.2, -0.15) is 0 Å². The van der Waals surface area contributed by atoms with E-state index in [0.29, 0.717) is 11.1 Å². The van der Waals surface area contributed by atoms with Gasteiger partial charge in [-0.15, -0.1) is 4.83 Å². The minimum absolute atomic E-state index is 0.0582. The first kappa shape index (κ1) is 15.1. The monoisotopic (exact) mass is 285 g/mol. The SMILES string of the molecule is Cc1cc(C)c(S(=O)(=O)NNC(=O)C(N)=O)c(C)c1. The minimum atomic E-state index is -3.96. The van der Waals surface area contributed by atoms with E-state index in [2.05, 4.69) is 0 Å². The number of carbonyl (C=O) groups excluding carboxylic acids is 2. The summed E-state index contributed by atoms with van der Waals surface area (Å²) in [6, 6.07) is 3.41. The molecule has 104 valence electrons. The Morgan fingerprint density at radius 3 is 2.00 bits per heavy atom. The Balaban J connectivity index is 3.08. The van der Waals surface area contributed by atoms with Crippen LogP contribution in [0, 0.1) is 20.8 Å². The summed E-state index contributed by atoms with van der Waals surface area (Å²) in [7, 11) is -3.96. The number of amides is 2. The zero-order valence-electron chi connectivity index (χ0n) is 10.8. The molecule has 0 aromatic heterocycles. The van der Waals surface area contributed by atoms with Crippen LogP contribution in [-0.4, -0.2) is 20.2 Å². The first-order chi connectivity index (χ1) is 8.65. The van der Waals surface area contributed by atoms with E-state index in [-0.39, 0.29) is 4.90 Å². The molecule has 0 spiro atoms. The van der Waals surface area contributed by atoms with E-state index in [1.54, 1.807) is 31.4 Å². The fourth-order valence-electron chi connectivity index (χ4n) is 1.82. The second-order valence-electron chi connectivity index (χ2n) is 4.15. The van der Waals surface area contributed by atoms with Gasteiger partial charge in [0.05, 0.1) is 4.90 Å². The van der Waals surface area contributed by atoms with Gasteiger partial charge in [0.1, 0.15) is 0 Å². The maximum Gasteiger partial charge on any atom is 0.324 e. The van der Waals surface area contributed by atoms with Crippen LogP contribution in [0.2, 0.25) is 0 Å². The highest BCUT2D eigenvalue weighted by atomic mass is 32.2. The predicted octanol–water partition coefficient (Wildman–Crippen LogP) is -0.593. The Morgan fingerprint density at radius 2 is 1.58 bits per heavy atom. The quantitative estimate of drug-likeness (QED) is 0.508. The lowest BCUT2D eigenvalue weighted by Crippen LogP contribution is -2.47. The molecule has 19 heavy (non-hydrogen) atoms. The second-order valence-corrected chi connectivity index (χ2v) is 5.77. The normalized spacial score (nSPS) is 11.1. The lowest BCUT2D eigenvalue weighted by molar-refractivity contribution is -0.137. The number of benzene rings is 1. The molecule has 0 heterocycles. The third-order valence-electron chi connectivity index (χ3n) is 2.40. The molecule has 0 aliphatic carbocycles. The molecular weight excluding hydrogens is 270 g/mol. The van der Waals surface area contributed by atoms with Crippen molar-refractivity contribution >= 4 is 21.8 Å². The van der Waals surface area contributed by atoms with Crippen LogP contribution in [0.25, 0.3) is 0 Å². The molecule has 2 amide bonds. The number of primary amides is 1. The summed E-state index contributed by atoms with van der Waals surface area (Å²) in [5.74, 6) is -2.51. The molecule has 4 N–H and O–H groups in total. The van der Waals surface area contributed by atoms with E-state index >= 15 is 0 Å². The maximum atomic E-state index is 12.0. The first-order valence-corrected chi connectivity index (χ1v) is 6.83. The summed E-state index contributed by atoms with van der Waals surface area (Å²) in [5.41, 5.74) is 8.44. The van der Waals surface area contributed by atoms with E-state index in [1.807, 2.05) is 11.8 Å². The van der Waals surface area contributed by atoms with Crippen molar-refractivity contribution in [1.29, 1.82) is 0 Å². The summed E-state index contributed by atoms with van der Waals surface area (Å²) in [6.45, 7) is 5.13. The Bertz CT molecular complexity index is 614. The van der Waals surface area contributed by atoms with Crippen molar-refractivity contribution in [3.05, 3.63) is 28.8 Å². The third-order valence-corrected chi connectivity index (χ3v) is 3.95. The standard InChI is InChI=1S/C11H15N3O4S/c1-6-4-7(2)9(8(3)5-6)19(17,18)14-13-11(16)10(12)15/h4-5,14H,1-3H3,(H2,12,15)(H,13,16). The highest BCUT2D eigenvalue weighted by Crippen LogP contribution is 2.20. The number of hydrogen-bond donors (Lipinski definition) is 3. The number of nitrogens with one attached hydrogen (secondary N) is 2. The van der Waals surface area contributed by atoms with Crippen molar-refractivity contribution in [2.75, 3.05) is 0 Å². The molecule has 0 bridgehead atoms. The van der Waals surface area contributed by atoms with Gasteiger partial charge in [-0.05, 0) is 31.9 Å². The molecule has 1 aromatic rings. The molecule has 0 unspecified atom stereocenters. The molecule has 1 aromatic carbocycles. The van der Waals surface area contributed by atoms with Crippen molar-refractivity contribution in [1.82, 2.24) is 10.3 Å². The summed E-state index contributed by atoms with van der Waals surface area (Å²) in [6.07, 6.45) is 0. The molecular formula is C11H15N3O4S. The van der Waals surface area contributed by atoms with Crippen molar-refractivity contribution in [3.8, 4) is 0 Å². The van der Waals surface area contributed by atoms with Crippen molar-refractivity contribution in [2.45, 2.75) is 25.7 Å². The van der Waals surface area contributed by atoms with Crippen LogP contribution >= 0.6 is 0 Å². The van der Waals surface area contributed by atoms with Gasteiger partial charge < -0.3 is 5.73 Å². The number of rotatable bonds is 3. The van der Waals surface area contributed by atoms with Crippen LogP contribution in [0.5, 0.6) is 0 Å². The molecule has 1 rings (SSSR count). The number of carbonyl (C=O) groups is 2. The lowest BCUT2D eigenvalue weighted by Gasteiger charge is -2.13. The molecule has 8 heteroatoms. The highest BCUT2D eigenvalue weighted by molar-refractivity contribution is 7.89. The molecule has 0 aliphatic rings. The Morgan fingerprint density at radius 1 is 1.11 bits per heavy atom. The number of hydrazine groups is 1. The van der Waals surface area contributed by atoms with E-state index in [4.69, 9.17) is 5.73 Å². The highest BCUT2D eigenvalue weighted by Gasteiger charge is 2.21. The van der Waals surface area contributed by atoms with Crippen LogP contribution in [0.15, 0.2) is 17.0 Å². The van der Waals surface area contributed by atoms with Crippen LogP contribution in [0.1, 0.15) is 16.7 Å². The molecule has 0 saturated carbocycles. The Kier molecular flexibility index (Phi) is 4.28. The summed E-state index contributed by atoms with van der Waals surface area (Å²) >= 11 is 0. The van der Waals surface area contributed by atoms with E-state index in [1.165, 1.54) is 0 Å². The van der Waals surface area contributed by atoms with Gasteiger partial charge in [0.25, 0.3) is 10.0 Å². The smallest absolute Gasteiger partial charge is 0.324 e. The van der Waals surface area contributed by atoms with Crippen LogP contribution < -0.4 is 16.0 Å². The van der Waals surface area contributed by atoms with Gasteiger partial charge in [0.15, 0.2) is 0 Å². The second kappa shape index (κ2) is 5.37. The predicted molar refractivity (Wildman–Crippen MR) is 68.3 cm³/mol. The zero-order chi connectivity index (χ0) is 14.8. The van der Waals surface area contributed by atoms with Gasteiger partial charge in [-0.1, -0.05) is 17.7 Å². The van der Waals surface area contributed by atoms with Crippen LogP contribution in [0.4, 0.5) is 0 Å². The fourth-order valence-corrected chi connectivity index (χ4v) is 3.11. The number of aryl methyl sites for hydroxylation is 3. The summed E-state index contributed by atoms with van der Waals surface area (Å²) in [4.78, 5) is 23.3. The zero-order valence-corrected chi connectivity index (χ0v) is 11.6. The average molecular weight is 285 g/mol. The van der Waals surface area contributed by atoms with Crippen LogP contribution in [-0.2, 0) is 19.6 Å². The van der Waals surface area contributed by atoms with E-state index < -0.39 is 21.8 Å². The fraction of sp³-hybridized carbons (Fsp3) is 0.273.